The Balaban J connectivity index is 0.000000431. The van der Waals surface area contributed by atoms with E-state index in [1.807, 2.05) is 0 Å². The van der Waals surface area contributed by atoms with Crippen LogP contribution < -0.4 is 0 Å². The third kappa shape index (κ3) is 5.36. The zero-order valence-electron chi connectivity index (χ0n) is 14.9. The molecule has 1 unspecified atom stereocenters. The van der Waals surface area contributed by atoms with Gasteiger partial charge < -0.3 is 9.64 Å². The predicted octanol–water partition coefficient (Wildman–Crippen LogP) is 2.88. The molecule has 1 fully saturated rings. The van der Waals surface area contributed by atoms with Gasteiger partial charge in [0.25, 0.3) is 0 Å². The standard InChI is InChI=1S/C19H23NO.H2O4S/c1-20(2)15-18-13-14-21-19(18,16-9-5-3-6-10-16)17-11-7-4-8-12-17;1-5(2,3)4/h3-12,18H,13-15H2,1-2H3;(H2,1,2,3,4). The van der Waals surface area contributed by atoms with Crippen molar-refractivity contribution in [3.63, 3.8) is 0 Å². The molecule has 1 aliphatic heterocycles. The molecule has 3 rings (SSSR count). The fraction of sp³-hybridized carbons (Fsp3) is 0.368. The van der Waals surface area contributed by atoms with Crippen LogP contribution in [0, 0.1) is 5.92 Å². The average molecular weight is 379 g/mol. The van der Waals surface area contributed by atoms with Crippen LogP contribution in [0.3, 0.4) is 0 Å². The zero-order chi connectivity index (χ0) is 19.2. The lowest BCUT2D eigenvalue weighted by Crippen LogP contribution is -2.39. The van der Waals surface area contributed by atoms with Gasteiger partial charge in [0.05, 0.1) is 0 Å². The summed E-state index contributed by atoms with van der Waals surface area (Å²) in [5.74, 6) is 0.470. The molecule has 7 heteroatoms. The highest BCUT2D eigenvalue weighted by atomic mass is 32.3. The molecular weight excluding hydrogens is 354 g/mol. The van der Waals surface area contributed by atoms with Crippen LogP contribution in [-0.2, 0) is 20.7 Å². The normalized spacial score (nSPS) is 19.0. The van der Waals surface area contributed by atoms with E-state index in [4.69, 9.17) is 22.3 Å². The molecule has 0 bridgehead atoms. The van der Waals surface area contributed by atoms with E-state index in [0.29, 0.717) is 5.92 Å². The van der Waals surface area contributed by atoms with Crippen LogP contribution in [0.4, 0.5) is 0 Å². The molecule has 0 amide bonds. The minimum absolute atomic E-state index is 0.313. The zero-order valence-corrected chi connectivity index (χ0v) is 15.8. The van der Waals surface area contributed by atoms with E-state index < -0.39 is 10.4 Å². The minimum Gasteiger partial charge on any atom is -0.365 e. The number of rotatable bonds is 4. The van der Waals surface area contributed by atoms with E-state index in [0.717, 1.165) is 19.6 Å². The average Bonchev–Trinajstić information content (AvgIpc) is 2.99. The first-order valence-electron chi connectivity index (χ1n) is 8.33. The maximum Gasteiger partial charge on any atom is 0.394 e. The lowest BCUT2D eigenvalue weighted by molar-refractivity contribution is 0.00438. The fourth-order valence-electron chi connectivity index (χ4n) is 3.52. The lowest BCUT2D eigenvalue weighted by Gasteiger charge is -2.37. The van der Waals surface area contributed by atoms with Gasteiger partial charge in [0.1, 0.15) is 5.60 Å². The van der Waals surface area contributed by atoms with Crippen LogP contribution in [0.15, 0.2) is 60.7 Å². The molecule has 2 aromatic rings. The van der Waals surface area contributed by atoms with Crippen molar-refractivity contribution in [1.29, 1.82) is 0 Å². The summed E-state index contributed by atoms with van der Waals surface area (Å²) in [4.78, 5) is 2.26. The maximum absolute atomic E-state index is 8.74. The summed E-state index contributed by atoms with van der Waals surface area (Å²) in [5, 5.41) is 0. The number of ether oxygens (including phenoxy) is 1. The number of nitrogens with zero attached hydrogens (tertiary/aromatic N) is 1. The largest absolute Gasteiger partial charge is 0.394 e. The Hall–Kier alpha value is -1.77. The van der Waals surface area contributed by atoms with E-state index in [2.05, 4.69) is 79.7 Å². The number of benzene rings is 2. The third-order valence-electron chi connectivity index (χ3n) is 4.36. The second-order valence-electron chi connectivity index (χ2n) is 6.51. The highest BCUT2D eigenvalue weighted by molar-refractivity contribution is 7.79. The molecule has 26 heavy (non-hydrogen) atoms. The maximum atomic E-state index is 8.74. The lowest BCUT2D eigenvalue weighted by atomic mass is 9.76. The highest BCUT2D eigenvalue weighted by Gasteiger charge is 2.47. The molecule has 1 heterocycles. The topological polar surface area (TPSA) is 87.1 Å². The molecule has 0 aliphatic carbocycles. The van der Waals surface area contributed by atoms with Gasteiger partial charge in [0.15, 0.2) is 0 Å². The van der Waals surface area contributed by atoms with Crippen LogP contribution >= 0.6 is 0 Å². The fourth-order valence-corrected chi connectivity index (χ4v) is 3.52. The molecule has 2 N–H and O–H groups in total. The van der Waals surface area contributed by atoms with Crippen LogP contribution in [0.2, 0.25) is 0 Å². The molecule has 2 aromatic carbocycles. The molecular formula is C19H25NO5S. The second-order valence-corrected chi connectivity index (χ2v) is 7.41. The Bertz CT molecular complexity index is 731. The van der Waals surface area contributed by atoms with Crippen molar-refractivity contribution in [1.82, 2.24) is 4.90 Å². The van der Waals surface area contributed by atoms with Crippen LogP contribution in [-0.4, -0.2) is 49.7 Å². The Labute approximate surface area is 155 Å². The van der Waals surface area contributed by atoms with E-state index in [9.17, 15) is 0 Å². The van der Waals surface area contributed by atoms with Crippen LogP contribution in [0.25, 0.3) is 0 Å². The van der Waals surface area contributed by atoms with Crippen molar-refractivity contribution in [2.75, 3.05) is 27.2 Å². The van der Waals surface area contributed by atoms with Gasteiger partial charge in [-0.05, 0) is 31.6 Å². The van der Waals surface area contributed by atoms with Gasteiger partial charge in [-0.25, -0.2) is 0 Å². The number of hydrogen-bond donors (Lipinski definition) is 2. The summed E-state index contributed by atoms with van der Waals surface area (Å²) in [5.41, 5.74) is 2.22. The number of hydrogen-bond acceptors (Lipinski definition) is 4. The van der Waals surface area contributed by atoms with Gasteiger partial charge in [0.2, 0.25) is 0 Å². The molecule has 1 saturated heterocycles. The van der Waals surface area contributed by atoms with Crippen LogP contribution in [0.1, 0.15) is 17.5 Å². The summed E-state index contributed by atoms with van der Waals surface area (Å²) in [6, 6.07) is 21.3. The van der Waals surface area contributed by atoms with E-state index in [1.54, 1.807) is 0 Å². The first-order valence-corrected chi connectivity index (χ1v) is 9.73. The van der Waals surface area contributed by atoms with Gasteiger partial charge in [-0.3, -0.25) is 9.11 Å². The Morgan fingerprint density at radius 2 is 1.42 bits per heavy atom. The SMILES string of the molecule is CN(C)CC1CCOC1(c1ccccc1)c1ccccc1.O=S(=O)(O)O. The van der Waals surface area contributed by atoms with Gasteiger partial charge in [-0.2, -0.15) is 8.42 Å². The molecule has 0 radical (unpaired) electrons. The molecule has 1 aliphatic rings. The molecule has 142 valence electrons. The van der Waals surface area contributed by atoms with E-state index in [1.165, 1.54) is 11.1 Å². The Kier molecular flexibility index (Phi) is 6.91. The summed E-state index contributed by atoms with van der Waals surface area (Å²) >= 11 is 0. The van der Waals surface area contributed by atoms with Crippen molar-refractivity contribution < 1.29 is 22.3 Å². The van der Waals surface area contributed by atoms with Gasteiger partial charge in [-0.1, -0.05) is 60.7 Å². The van der Waals surface area contributed by atoms with Gasteiger partial charge in [0, 0.05) is 19.1 Å². The minimum atomic E-state index is -4.67. The highest BCUT2D eigenvalue weighted by Crippen LogP contribution is 2.46. The summed E-state index contributed by atoms with van der Waals surface area (Å²) in [6.45, 7) is 1.85. The first-order chi connectivity index (χ1) is 12.2. The van der Waals surface area contributed by atoms with Crippen molar-refractivity contribution >= 4 is 10.4 Å². The van der Waals surface area contributed by atoms with Crippen molar-refractivity contribution in [2.24, 2.45) is 5.92 Å². The molecule has 0 saturated carbocycles. The molecule has 1 atom stereocenters. The summed E-state index contributed by atoms with van der Waals surface area (Å²) < 4.78 is 38.0. The smallest absolute Gasteiger partial charge is 0.365 e. The summed E-state index contributed by atoms with van der Waals surface area (Å²) in [6.07, 6.45) is 1.10. The van der Waals surface area contributed by atoms with Crippen molar-refractivity contribution in [3.05, 3.63) is 71.8 Å². The Morgan fingerprint density at radius 1 is 1.00 bits per heavy atom. The van der Waals surface area contributed by atoms with E-state index >= 15 is 0 Å². The third-order valence-corrected chi connectivity index (χ3v) is 4.36. The van der Waals surface area contributed by atoms with Gasteiger partial charge in [-0.15, -0.1) is 0 Å². The molecule has 0 spiro atoms. The quantitative estimate of drug-likeness (QED) is 0.795. The molecule has 0 aromatic heterocycles. The van der Waals surface area contributed by atoms with Crippen molar-refractivity contribution in [3.8, 4) is 0 Å². The van der Waals surface area contributed by atoms with Crippen molar-refractivity contribution in [2.45, 2.75) is 12.0 Å². The van der Waals surface area contributed by atoms with E-state index in [-0.39, 0.29) is 5.60 Å². The predicted molar refractivity (Wildman–Crippen MR) is 100 cm³/mol. The first kappa shape index (κ1) is 20.5. The monoisotopic (exact) mass is 379 g/mol. The van der Waals surface area contributed by atoms with Gasteiger partial charge >= 0.3 is 10.4 Å². The second kappa shape index (κ2) is 8.75. The van der Waals surface area contributed by atoms with Crippen LogP contribution in [0.5, 0.6) is 0 Å². The molecule has 6 nitrogen and oxygen atoms in total. The Morgan fingerprint density at radius 3 is 1.81 bits per heavy atom. The summed E-state index contributed by atoms with van der Waals surface area (Å²) in [7, 11) is -0.391.